The van der Waals surface area contributed by atoms with Gasteiger partial charge >= 0.3 is 0 Å². The molecule has 0 aliphatic rings. The Labute approximate surface area is 81.8 Å². The standard InChI is InChI=1S/C10H10N4/c11-10(8-2-1-4-12-6-8)9-3-5-13-14-7-9/h1-7,10H,11H2. The van der Waals surface area contributed by atoms with Crippen LogP contribution >= 0.6 is 0 Å². The highest BCUT2D eigenvalue weighted by molar-refractivity contribution is 5.26. The molecule has 2 N–H and O–H groups in total. The Morgan fingerprint density at radius 3 is 2.50 bits per heavy atom. The quantitative estimate of drug-likeness (QED) is 0.757. The Morgan fingerprint density at radius 2 is 1.86 bits per heavy atom. The number of pyridine rings is 1. The van der Waals surface area contributed by atoms with E-state index in [9.17, 15) is 0 Å². The van der Waals surface area contributed by atoms with Gasteiger partial charge in [0.2, 0.25) is 0 Å². The molecule has 0 saturated heterocycles. The lowest BCUT2D eigenvalue weighted by Gasteiger charge is -2.10. The predicted octanol–water partition coefficient (Wildman–Crippen LogP) is 0.920. The van der Waals surface area contributed by atoms with Gasteiger partial charge in [0.15, 0.2) is 0 Å². The highest BCUT2D eigenvalue weighted by atomic mass is 15.1. The summed E-state index contributed by atoms with van der Waals surface area (Å²) in [5.74, 6) is 0. The molecule has 2 aromatic rings. The minimum atomic E-state index is -0.181. The Hall–Kier alpha value is -1.81. The second kappa shape index (κ2) is 3.93. The van der Waals surface area contributed by atoms with Crippen molar-refractivity contribution in [3.8, 4) is 0 Å². The van der Waals surface area contributed by atoms with Crippen molar-refractivity contribution in [1.82, 2.24) is 15.2 Å². The summed E-state index contributed by atoms with van der Waals surface area (Å²) < 4.78 is 0. The van der Waals surface area contributed by atoms with Crippen molar-refractivity contribution in [1.29, 1.82) is 0 Å². The van der Waals surface area contributed by atoms with E-state index in [1.165, 1.54) is 0 Å². The van der Waals surface area contributed by atoms with E-state index in [0.717, 1.165) is 11.1 Å². The summed E-state index contributed by atoms with van der Waals surface area (Å²) in [4.78, 5) is 4.02. The third-order valence-electron chi connectivity index (χ3n) is 2.01. The Kier molecular flexibility index (Phi) is 2.46. The van der Waals surface area contributed by atoms with Crippen LogP contribution in [-0.4, -0.2) is 15.2 Å². The van der Waals surface area contributed by atoms with Gasteiger partial charge in [-0.3, -0.25) is 4.98 Å². The van der Waals surface area contributed by atoms with E-state index in [-0.39, 0.29) is 6.04 Å². The number of hydrogen-bond acceptors (Lipinski definition) is 4. The highest BCUT2D eigenvalue weighted by Gasteiger charge is 2.07. The molecule has 70 valence electrons. The van der Waals surface area contributed by atoms with E-state index >= 15 is 0 Å². The molecule has 4 nitrogen and oxygen atoms in total. The molecule has 1 unspecified atom stereocenters. The van der Waals surface area contributed by atoms with Gasteiger partial charge in [0.1, 0.15) is 0 Å². The zero-order chi connectivity index (χ0) is 9.80. The monoisotopic (exact) mass is 186 g/mol. The molecule has 14 heavy (non-hydrogen) atoms. The van der Waals surface area contributed by atoms with Gasteiger partial charge in [-0.2, -0.15) is 10.2 Å². The summed E-state index contributed by atoms with van der Waals surface area (Å²) in [7, 11) is 0. The van der Waals surface area contributed by atoms with Gasteiger partial charge in [0.05, 0.1) is 12.2 Å². The van der Waals surface area contributed by atoms with Crippen molar-refractivity contribution in [3.05, 3.63) is 54.1 Å². The summed E-state index contributed by atoms with van der Waals surface area (Å²) in [6.45, 7) is 0. The predicted molar refractivity (Wildman–Crippen MR) is 52.3 cm³/mol. The van der Waals surface area contributed by atoms with E-state index in [2.05, 4.69) is 15.2 Å². The van der Waals surface area contributed by atoms with Crippen LogP contribution < -0.4 is 5.73 Å². The summed E-state index contributed by atoms with van der Waals surface area (Å²) >= 11 is 0. The molecule has 0 saturated carbocycles. The zero-order valence-corrected chi connectivity index (χ0v) is 7.54. The summed E-state index contributed by atoms with van der Waals surface area (Å²) in [5.41, 5.74) is 7.92. The van der Waals surface area contributed by atoms with Crippen molar-refractivity contribution >= 4 is 0 Å². The van der Waals surface area contributed by atoms with Crippen LogP contribution in [0.4, 0.5) is 0 Å². The van der Waals surface area contributed by atoms with Crippen molar-refractivity contribution in [2.45, 2.75) is 6.04 Å². The molecule has 4 heteroatoms. The first-order chi connectivity index (χ1) is 6.88. The topological polar surface area (TPSA) is 64.7 Å². The van der Waals surface area contributed by atoms with Gasteiger partial charge in [0, 0.05) is 18.6 Å². The number of nitrogens with two attached hydrogens (primary N) is 1. The minimum absolute atomic E-state index is 0.181. The molecule has 0 spiro atoms. The molecule has 1 atom stereocenters. The fourth-order valence-electron chi connectivity index (χ4n) is 1.24. The summed E-state index contributed by atoms with van der Waals surface area (Å²) in [5, 5.41) is 7.48. The lowest BCUT2D eigenvalue weighted by Crippen LogP contribution is -2.12. The lowest BCUT2D eigenvalue weighted by atomic mass is 10.0. The van der Waals surface area contributed by atoms with Crippen molar-refractivity contribution in [2.24, 2.45) is 5.73 Å². The third kappa shape index (κ3) is 1.75. The molecule has 2 rings (SSSR count). The second-order valence-electron chi connectivity index (χ2n) is 2.94. The molecule has 0 fully saturated rings. The SMILES string of the molecule is NC(c1cccnc1)c1ccnnc1. The van der Waals surface area contributed by atoms with E-state index in [0.29, 0.717) is 0 Å². The molecule has 0 aromatic carbocycles. The van der Waals surface area contributed by atoms with Crippen LogP contribution in [0.15, 0.2) is 43.0 Å². The average Bonchev–Trinajstić information content (AvgIpc) is 2.30. The van der Waals surface area contributed by atoms with Crippen LogP contribution in [0.2, 0.25) is 0 Å². The minimum Gasteiger partial charge on any atom is -0.320 e. The van der Waals surface area contributed by atoms with Crippen LogP contribution in [0, 0.1) is 0 Å². The van der Waals surface area contributed by atoms with Crippen molar-refractivity contribution < 1.29 is 0 Å². The van der Waals surface area contributed by atoms with Gasteiger partial charge in [-0.05, 0) is 23.3 Å². The summed E-state index contributed by atoms with van der Waals surface area (Å²) in [6, 6.07) is 5.48. The van der Waals surface area contributed by atoms with Gasteiger partial charge < -0.3 is 5.73 Å². The molecule has 0 amide bonds. The maximum atomic E-state index is 6.01. The second-order valence-corrected chi connectivity index (χ2v) is 2.94. The maximum Gasteiger partial charge on any atom is 0.0583 e. The Bertz CT molecular complexity index is 348. The first-order valence-corrected chi connectivity index (χ1v) is 4.30. The number of hydrogen-bond donors (Lipinski definition) is 1. The largest absolute Gasteiger partial charge is 0.320 e. The Balaban J connectivity index is 2.30. The number of rotatable bonds is 2. The van der Waals surface area contributed by atoms with Gasteiger partial charge in [-0.1, -0.05) is 6.07 Å². The molecule has 0 radical (unpaired) electrons. The number of aromatic nitrogens is 3. The summed E-state index contributed by atoms with van der Waals surface area (Å²) in [6.07, 6.45) is 6.77. The molecular formula is C10H10N4. The third-order valence-corrected chi connectivity index (χ3v) is 2.01. The normalized spacial score (nSPS) is 12.4. The van der Waals surface area contributed by atoms with E-state index in [1.807, 2.05) is 18.2 Å². The van der Waals surface area contributed by atoms with Crippen LogP contribution in [0.3, 0.4) is 0 Å². The van der Waals surface area contributed by atoms with E-state index in [4.69, 9.17) is 5.73 Å². The van der Waals surface area contributed by atoms with Crippen LogP contribution in [0.1, 0.15) is 17.2 Å². The van der Waals surface area contributed by atoms with Crippen molar-refractivity contribution in [3.63, 3.8) is 0 Å². The maximum absolute atomic E-state index is 6.01. The molecule has 0 aliphatic carbocycles. The fourth-order valence-corrected chi connectivity index (χ4v) is 1.24. The number of nitrogens with zero attached hydrogens (tertiary/aromatic N) is 3. The zero-order valence-electron chi connectivity index (χ0n) is 7.54. The Morgan fingerprint density at radius 1 is 1.00 bits per heavy atom. The molecule has 0 aliphatic heterocycles. The van der Waals surface area contributed by atoms with Crippen LogP contribution in [-0.2, 0) is 0 Å². The van der Waals surface area contributed by atoms with Crippen LogP contribution in [0.5, 0.6) is 0 Å². The molecule has 2 aromatic heterocycles. The van der Waals surface area contributed by atoms with Crippen LogP contribution in [0.25, 0.3) is 0 Å². The molecule has 2 heterocycles. The van der Waals surface area contributed by atoms with Gasteiger partial charge in [-0.25, -0.2) is 0 Å². The highest BCUT2D eigenvalue weighted by Crippen LogP contribution is 2.16. The van der Waals surface area contributed by atoms with Gasteiger partial charge in [0.25, 0.3) is 0 Å². The average molecular weight is 186 g/mol. The lowest BCUT2D eigenvalue weighted by molar-refractivity contribution is 0.839. The van der Waals surface area contributed by atoms with E-state index < -0.39 is 0 Å². The first-order valence-electron chi connectivity index (χ1n) is 4.30. The van der Waals surface area contributed by atoms with Crippen molar-refractivity contribution in [2.75, 3.05) is 0 Å². The smallest absolute Gasteiger partial charge is 0.0583 e. The van der Waals surface area contributed by atoms with Gasteiger partial charge in [-0.15, -0.1) is 0 Å². The molecule has 0 bridgehead atoms. The molecular weight excluding hydrogens is 176 g/mol. The first kappa shape index (κ1) is 8.77. The van der Waals surface area contributed by atoms with E-state index in [1.54, 1.807) is 24.8 Å². The fraction of sp³-hybridized carbons (Fsp3) is 0.100.